The van der Waals surface area contributed by atoms with E-state index in [1.807, 2.05) is 89.4 Å². The number of hydrogen-bond acceptors (Lipinski definition) is 8. The van der Waals surface area contributed by atoms with Crippen LogP contribution in [0.15, 0.2) is 152 Å². The molecule has 9 heteroatoms. The van der Waals surface area contributed by atoms with Crippen molar-refractivity contribution in [3.63, 3.8) is 0 Å². The van der Waals surface area contributed by atoms with Gasteiger partial charge >= 0.3 is 0 Å². The molecule has 0 N–H and O–H groups in total. The number of hydrogen-bond donors (Lipinski definition) is 0. The van der Waals surface area contributed by atoms with E-state index in [1.165, 1.54) is 0 Å². The summed E-state index contributed by atoms with van der Waals surface area (Å²) in [5.41, 5.74) is 9.35. The maximum absolute atomic E-state index is 4.98. The molecule has 230 valence electrons. The molecular formula is C40H25N9. The summed E-state index contributed by atoms with van der Waals surface area (Å²) in [5, 5.41) is 6.11. The molecule has 0 aliphatic carbocycles. The minimum atomic E-state index is 0.499. The van der Waals surface area contributed by atoms with Crippen molar-refractivity contribution in [1.29, 1.82) is 0 Å². The molecule has 0 radical (unpaired) electrons. The zero-order valence-electron chi connectivity index (χ0n) is 26.0. The summed E-state index contributed by atoms with van der Waals surface area (Å²) in [6.45, 7) is 0. The second-order valence-corrected chi connectivity index (χ2v) is 11.4. The SMILES string of the molecule is c1ccc(-c2ccc(-c3nc(-c4ccc(-c5ccccn5)nc4)nc(-c4cccc(-c5cc6ccc7ccccc7n6n5)c4)n3)cn2)nc1. The van der Waals surface area contributed by atoms with E-state index in [9.17, 15) is 0 Å². The van der Waals surface area contributed by atoms with Crippen LogP contribution in [0.5, 0.6) is 0 Å². The average Bonchev–Trinajstić information content (AvgIpc) is 3.64. The summed E-state index contributed by atoms with van der Waals surface area (Å²) in [6.07, 6.45) is 7.05. The first-order valence-electron chi connectivity index (χ1n) is 15.8. The molecule has 7 aromatic heterocycles. The normalized spacial score (nSPS) is 11.3. The maximum atomic E-state index is 4.98. The molecule has 9 aromatic rings. The van der Waals surface area contributed by atoms with Crippen LogP contribution in [0.4, 0.5) is 0 Å². The first-order chi connectivity index (χ1) is 24.2. The van der Waals surface area contributed by atoms with E-state index in [1.54, 1.807) is 24.8 Å². The highest BCUT2D eigenvalue weighted by Gasteiger charge is 2.15. The fourth-order valence-corrected chi connectivity index (χ4v) is 5.81. The molecule has 0 spiro atoms. The van der Waals surface area contributed by atoms with Gasteiger partial charge in [0.2, 0.25) is 0 Å². The second-order valence-electron chi connectivity index (χ2n) is 11.4. The molecule has 0 aliphatic heterocycles. The largest absolute Gasteiger partial charge is 0.255 e. The van der Waals surface area contributed by atoms with Crippen LogP contribution < -0.4 is 0 Å². The fourth-order valence-electron chi connectivity index (χ4n) is 5.81. The molecule has 0 bridgehead atoms. The average molecular weight is 632 g/mol. The molecule has 7 heterocycles. The lowest BCUT2D eigenvalue weighted by molar-refractivity contribution is 1.01. The van der Waals surface area contributed by atoms with Gasteiger partial charge in [0.25, 0.3) is 0 Å². The van der Waals surface area contributed by atoms with Crippen molar-refractivity contribution in [3.8, 4) is 68.2 Å². The Morgan fingerprint density at radius 3 is 1.59 bits per heavy atom. The Balaban J connectivity index is 1.14. The van der Waals surface area contributed by atoms with Crippen LogP contribution in [0.25, 0.3) is 84.6 Å². The van der Waals surface area contributed by atoms with Crippen LogP contribution in [0.1, 0.15) is 0 Å². The zero-order valence-corrected chi connectivity index (χ0v) is 26.0. The predicted molar refractivity (Wildman–Crippen MR) is 190 cm³/mol. The molecule has 9 nitrogen and oxygen atoms in total. The van der Waals surface area contributed by atoms with Crippen molar-refractivity contribution in [2.75, 3.05) is 0 Å². The first-order valence-corrected chi connectivity index (χ1v) is 15.8. The van der Waals surface area contributed by atoms with E-state index >= 15 is 0 Å². The van der Waals surface area contributed by atoms with Gasteiger partial charge in [0.15, 0.2) is 17.5 Å². The summed E-state index contributed by atoms with van der Waals surface area (Å²) in [7, 11) is 0. The first kappa shape index (κ1) is 28.2. The lowest BCUT2D eigenvalue weighted by atomic mass is 10.1. The molecule has 49 heavy (non-hydrogen) atoms. The molecule has 0 saturated heterocycles. The highest BCUT2D eigenvalue weighted by atomic mass is 15.2. The molecule has 2 aromatic carbocycles. The summed E-state index contributed by atoms with van der Waals surface area (Å²) >= 11 is 0. The highest BCUT2D eigenvalue weighted by molar-refractivity contribution is 5.84. The predicted octanol–water partition coefficient (Wildman–Crippen LogP) is 8.25. The van der Waals surface area contributed by atoms with Crippen LogP contribution in [-0.4, -0.2) is 44.5 Å². The zero-order chi connectivity index (χ0) is 32.6. The maximum Gasteiger partial charge on any atom is 0.165 e. The Morgan fingerprint density at radius 2 is 0.980 bits per heavy atom. The number of pyridine rings is 5. The summed E-state index contributed by atoms with van der Waals surface area (Å²) < 4.78 is 1.99. The topological polar surface area (TPSA) is 108 Å². The Labute approximate surface area is 280 Å². The molecule has 0 amide bonds. The third-order valence-corrected chi connectivity index (χ3v) is 8.29. The van der Waals surface area contributed by atoms with Gasteiger partial charge < -0.3 is 0 Å². The van der Waals surface area contributed by atoms with Crippen LogP contribution in [-0.2, 0) is 0 Å². The van der Waals surface area contributed by atoms with Crippen LogP contribution in [0.2, 0.25) is 0 Å². The van der Waals surface area contributed by atoms with Gasteiger partial charge in [-0.15, -0.1) is 0 Å². The fraction of sp³-hybridized carbons (Fsp3) is 0. The Morgan fingerprint density at radius 1 is 0.388 bits per heavy atom. The lowest BCUT2D eigenvalue weighted by Crippen LogP contribution is -2.01. The highest BCUT2D eigenvalue weighted by Crippen LogP contribution is 2.30. The minimum Gasteiger partial charge on any atom is -0.255 e. The number of aromatic nitrogens is 9. The number of benzene rings is 2. The van der Waals surface area contributed by atoms with Gasteiger partial charge in [-0.05, 0) is 72.8 Å². The van der Waals surface area contributed by atoms with Crippen LogP contribution >= 0.6 is 0 Å². The Kier molecular flexibility index (Phi) is 6.90. The Hall–Kier alpha value is -7.00. The monoisotopic (exact) mass is 631 g/mol. The minimum absolute atomic E-state index is 0.499. The molecule has 0 aliphatic rings. The van der Waals surface area contributed by atoms with Crippen molar-refractivity contribution in [2.45, 2.75) is 0 Å². The molecule has 9 rings (SSSR count). The summed E-state index contributed by atoms with van der Waals surface area (Å²) in [6, 6.07) is 42.0. The van der Waals surface area contributed by atoms with Crippen molar-refractivity contribution >= 4 is 16.4 Å². The number of nitrogens with zero attached hydrogens (tertiary/aromatic N) is 9. The van der Waals surface area contributed by atoms with Gasteiger partial charge in [-0.1, -0.05) is 54.6 Å². The van der Waals surface area contributed by atoms with E-state index in [0.29, 0.717) is 17.5 Å². The summed E-state index contributed by atoms with van der Waals surface area (Å²) in [4.78, 5) is 33.0. The van der Waals surface area contributed by atoms with Gasteiger partial charge in [0.1, 0.15) is 0 Å². The molecule has 0 atom stereocenters. The third-order valence-electron chi connectivity index (χ3n) is 8.29. The van der Waals surface area contributed by atoms with E-state index < -0.39 is 0 Å². The lowest BCUT2D eigenvalue weighted by Gasteiger charge is -2.09. The quantitative estimate of drug-likeness (QED) is 0.181. The Bertz CT molecular complexity index is 2480. The van der Waals surface area contributed by atoms with Crippen LogP contribution in [0.3, 0.4) is 0 Å². The van der Waals surface area contributed by atoms with E-state index in [0.717, 1.165) is 67.1 Å². The van der Waals surface area contributed by atoms with Gasteiger partial charge in [-0.3, -0.25) is 19.9 Å². The van der Waals surface area contributed by atoms with Crippen LogP contribution in [0, 0.1) is 0 Å². The summed E-state index contributed by atoms with van der Waals surface area (Å²) in [5.74, 6) is 1.52. The molecule has 0 unspecified atom stereocenters. The van der Waals surface area contributed by atoms with E-state index in [-0.39, 0.29) is 0 Å². The van der Waals surface area contributed by atoms with Crippen molar-refractivity contribution in [2.24, 2.45) is 0 Å². The molecule has 0 fully saturated rings. The van der Waals surface area contributed by atoms with Crippen molar-refractivity contribution in [3.05, 3.63) is 152 Å². The van der Waals surface area contributed by atoms with E-state index in [4.69, 9.17) is 20.1 Å². The van der Waals surface area contributed by atoms with Gasteiger partial charge in [0.05, 0.1) is 39.5 Å². The standard InChI is InChI=1S/C40H25N9/c1-2-13-37-26(8-1)14-17-31-23-36(48-49(31)37)27-9-7-10-28(22-27)38-45-39(29-15-18-34(43-24-29)32-11-3-5-20-41-32)47-40(46-38)30-16-19-35(44-25-30)33-12-4-6-21-42-33/h1-25H. The van der Waals surface area contributed by atoms with E-state index in [2.05, 4.69) is 62.4 Å². The molecular weight excluding hydrogens is 607 g/mol. The van der Waals surface area contributed by atoms with Crippen molar-refractivity contribution in [1.82, 2.24) is 44.5 Å². The number of para-hydroxylation sites is 1. The number of fused-ring (bicyclic) bond motifs is 3. The smallest absolute Gasteiger partial charge is 0.165 e. The third kappa shape index (κ3) is 5.45. The van der Waals surface area contributed by atoms with Crippen molar-refractivity contribution < 1.29 is 0 Å². The van der Waals surface area contributed by atoms with Gasteiger partial charge in [0, 0.05) is 52.4 Å². The number of rotatable bonds is 6. The molecule has 0 saturated carbocycles. The van der Waals surface area contributed by atoms with Gasteiger partial charge in [-0.2, -0.15) is 5.10 Å². The van der Waals surface area contributed by atoms with Gasteiger partial charge in [-0.25, -0.2) is 19.5 Å². The second kappa shape index (κ2) is 12.0.